The normalized spacial score (nSPS) is 16.9. The minimum Gasteiger partial charge on any atom is -0.479 e. The van der Waals surface area contributed by atoms with Crippen LogP contribution in [0.2, 0.25) is 5.02 Å². The number of hydrogen-bond donors (Lipinski definition) is 2. The van der Waals surface area contributed by atoms with E-state index < -0.39 is 17.7 Å². The Morgan fingerprint density at radius 1 is 1.16 bits per heavy atom. The van der Waals surface area contributed by atoms with E-state index >= 15 is 0 Å². The number of halogens is 1. The first-order valence-corrected chi connectivity index (χ1v) is 16.0. The van der Waals surface area contributed by atoms with E-state index in [1.165, 1.54) is 0 Å². The summed E-state index contributed by atoms with van der Waals surface area (Å²) in [5.74, 6) is -1.03. The first-order chi connectivity index (χ1) is 20.9. The standard InChI is InChI=1S/C34H38ClN5O3S/c1-19-15-26-31(29(20-7-10-22(35)11-8-20)28(19)30(33(41)42)43-34(2,3)4)44-32(36-26)21-9-12-25-24(16-21)27(38-37-25)18-40-14-13-23(17-40)39(5)6/h7-12,15-16,23,30H,13-14,17-18H2,1-6H3,(H,37,38)(H,41,42)/t23-,30-/m0/s1. The number of nitrogens with zero attached hydrogens (tertiary/aromatic N) is 4. The lowest BCUT2D eigenvalue weighted by Crippen LogP contribution is -2.31. The fraction of sp³-hybridized carbons (Fsp3) is 0.382. The fourth-order valence-corrected chi connectivity index (χ4v) is 7.33. The summed E-state index contributed by atoms with van der Waals surface area (Å²) >= 11 is 7.82. The van der Waals surface area contributed by atoms with Crippen molar-refractivity contribution in [3.8, 4) is 21.7 Å². The third-order valence-electron chi connectivity index (χ3n) is 8.26. The third kappa shape index (κ3) is 6.12. The lowest BCUT2D eigenvalue weighted by molar-refractivity contribution is -0.160. The van der Waals surface area contributed by atoms with Gasteiger partial charge in [0.25, 0.3) is 0 Å². The molecular formula is C34H38ClN5O3S. The number of likely N-dealkylation sites (tertiary alicyclic amines) is 1. The van der Waals surface area contributed by atoms with E-state index in [9.17, 15) is 9.90 Å². The molecular weight excluding hydrogens is 594 g/mol. The lowest BCUT2D eigenvalue weighted by atomic mass is 9.91. The molecule has 0 spiro atoms. The Morgan fingerprint density at radius 2 is 1.89 bits per heavy atom. The highest BCUT2D eigenvalue weighted by Gasteiger charge is 2.32. The van der Waals surface area contributed by atoms with Crippen LogP contribution in [-0.2, 0) is 16.1 Å². The number of thiazole rings is 1. The van der Waals surface area contributed by atoms with Crippen LogP contribution < -0.4 is 0 Å². The molecule has 3 heterocycles. The highest BCUT2D eigenvalue weighted by molar-refractivity contribution is 7.22. The number of benzene rings is 3. The summed E-state index contributed by atoms with van der Waals surface area (Å²) in [6.45, 7) is 10.5. The topological polar surface area (TPSA) is 94.6 Å². The Balaban J connectivity index is 1.46. The number of carboxylic acid groups (broad SMARTS) is 1. The Bertz CT molecular complexity index is 1840. The number of aryl methyl sites for hydroxylation is 1. The average molecular weight is 632 g/mol. The minimum atomic E-state index is -1.15. The van der Waals surface area contributed by atoms with Crippen LogP contribution in [0.3, 0.4) is 0 Å². The van der Waals surface area contributed by atoms with Crippen molar-refractivity contribution in [1.29, 1.82) is 0 Å². The molecule has 0 aliphatic carbocycles. The molecule has 10 heteroatoms. The van der Waals surface area contributed by atoms with Gasteiger partial charge in [-0.2, -0.15) is 5.10 Å². The zero-order valence-corrected chi connectivity index (χ0v) is 27.5. The summed E-state index contributed by atoms with van der Waals surface area (Å²) in [6.07, 6.45) is 0.00911. The van der Waals surface area contributed by atoms with Crippen molar-refractivity contribution < 1.29 is 14.6 Å². The second-order valence-corrected chi connectivity index (χ2v) is 14.3. The number of carboxylic acids is 1. The largest absolute Gasteiger partial charge is 0.479 e. The molecule has 0 radical (unpaired) electrons. The van der Waals surface area contributed by atoms with Crippen molar-refractivity contribution >= 4 is 50.0 Å². The van der Waals surface area contributed by atoms with Gasteiger partial charge in [0.05, 0.1) is 27.0 Å². The number of ether oxygens (including phenoxy) is 1. The molecule has 230 valence electrons. The van der Waals surface area contributed by atoms with Gasteiger partial charge in [0, 0.05) is 52.8 Å². The summed E-state index contributed by atoms with van der Waals surface area (Å²) in [7, 11) is 4.29. The highest BCUT2D eigenvalue weighted by atomic mass is 35.5. The second kappa shape index (κ2) is 11.9. The SMILES string of the molecule is Cc1cc2nc(-c3ccc4n[nH]c(CN5CC[C@H](N(C)C)C5)c4c3)sc2c(-c2ccc(Cl)cc2)c1[C@H](OC(C)(C)C)C(=O)O. The minimum absolute atomic E-state index is 0.570. The first-order valence-electron chi connectivity index (χ1n) is 14.8. The maximum Gasteiger partial charge on any atom is 0.337 e. The Labute approximate surface area is 266 Å². The third-order valence-corrected chi connectivity index (χ3v) is 9.65. The molecule has 3 aromatic carbocycles. The predicted octanol–water partition coefficient (Wildman–Crippen LogP) is 7.55. The first kappa shape index (κ1) is 30.7. The van der Waals surface area contributed by atoms with Crippen LogP contribution in [0.25, 0.3) is 42.8 Å². The predicted molar refractivity (Wildman–Crippen MR) is 178 cm³/mol. The number of hydrogen-bond acceptors (Lipinski definition) is 7. The number of nitrogens with one attached hydrogen (secondary N) is 1. The van der Waals surface area contributed by atoms with Gasteiger partial charge in [-0.25, -0.2) is 9.78 Å². The molecule has 6 rings (SSSR count). The molecule has 5 aromatic rings. The van der Waals surface area contributed by atoms with Gasteiger partial charge < -0.3 is 14.7 Å². The van der Waals surface area contributed by atoms with Gasteiger partial charge in [0.1, 0.15) is 5.01 Å². The zero-order chi connectivity index (χ0) is 31.3. The molecule has 44 heavy (non-hydrogen) atoms. The van der Waals surface area contributed by atoms with Crippen molar-refractivity contribution in [2.45, 2.75) is 58.4 Å². The Morgan fingerprint density at radius 3 is 2.55 bits per heavy atom. The van der Waals surface area contributed by atoms with Crippen molar-refractivity contribution in [2.75, 3.05) is 27.2 Å². The van der Waals surface area contributed by atoms with Crippen LogP contribution in [0.15, 0.2) is 48.5 Å². The van der Waals surface area contributed by atoms with E-state index in [0.29, 0.717) is 16.6 Å². The van der Waals surface area contributed by atoms with Crippen LogP contribution in [-0.4, -0.2) is 74.9 Å². The van der Waals surface area contributed by atoms with Crippen LogP contribution in [0.4, 0.5) is 0 Å². The van der Waals surface area contributed by atoms with Gasteiger partial charge in [-0.15, -0.1) is 11.3 Å². The van der Waals surface area contributed by atoms with E-state index in [2.05, 4.69) is 46.2 Å². The molecule has 8 nitrogen and oxygen atoms in total. The zero-order valence-electron chi connectivity index (χ0n) is 25.9. The van der Waals surface area contributed by atoms with Crippen LogP contribution in [0.5, 0.6) is 0 Å². The number of aromatic amines is 1. The molecule has 2 atom stereocenters. The van der Waals surface area contributed by atoms with Crippen LogP contribution in [0.1, 0.15) is 50.1 Å². The fourth-order valence-electron chi connectivity index (χ4n) is 6.08. The molecule has 2 aromatic heterocycles. The van der Waals surface area contributed by atoms with Crippen LogP contribution in [0, 0.1) is 6.92 Å². The molecule has 1 fully saturated rings. The van der Waals surface area contributed by atoms with E-state index in [0.717, 1.165) is 80.1 Å². The van der Waals surface area contributed by atoms with Crippen molar-refractivity contribution in [3.05, 3.63) is 70.4 Å². The van der Waals surface area contributed by atoms with Crippen molar-refractivity contribution in [1.82, 2.24) is 25.0 Å². The number of likely N-dealkylation sites (N-methyl/N-ethyl adjacent to an activating group) is 1. The lowest BCUT2D eigenvalue weighted by Gasteiger charge is -2.28. The monoisotopic (exact) mass is 631 g/mol. The van der Waals surface area contributed by atoms with Crippen molar-refractivity contribution in [2.24, 2.45) is 0 Å². The number of aromatic nitrogens is 3. The molecule has 0 saturated carbocycles. The van der Waals surface area contributed by atoms with Gasteiger partial charge in [0.2, 0.25) is 0 Å². The molecule has 0 amide bonds. The second-order valence-electron chi connectivity index (χ2n) is 12.9. The van der Waals surface area contributed by atoms with E-state index in [-0.39, 0.29) is 0 Å². The molecule has 1 saturated heterocycles. The van der Waals surface area contributed by atoms with Gasteiger partial charge in [-0.1, -0.05) is 23.7 Å². The number of aliphatic carboxylic acids is 1. The van der Waals surface area contributed by atoms with Gasteiger partial charge in [-0.3, -0.25) is 10.00 Å². The van der Waals surface area contributed by atoms with Gasteiger partial charge in [-0.05, 0) is 95.7 Å². The van der Waals surface area contributed by atoms with E-state index in [4.69, 9.17) is 21.3 Å². The summed E-state index contributed by atoms with van der Waals surface area (Å²) in [5, 5.41) is 20.8. The summed E-state index contributed by atoms with van der Waals surface area (Å²) in [5.41, 5.74) is 6.30. The average Bonchev–Trinajstić information content (AvgIpc) is 3.70. The van der Waals surface area contributed by atoms with E-state index in [1.807, 2.05) is 64.1 Å². The molecule has 1 aliphatic heterocycles. The summed E-state index contributed by atoms with van der Waals surface area (Å²) in [4.78, 5) is 22.5. The van der Waals surface area contributed by atoms with Crippen LogP contribution >= 0.6 is 22.9 Å². The summed E-state index contributed by atoms with van der Waals surface area (Å²) < 4.78 is 7.07. The number of rotatable bonds is 8. The number of H-pyrrole nitrogens is 1. The molecule has 1 aliphatic rings. The quantitative estimate of drug-likeness (QED) is 0.183. The maximum absolute atomic E-state index is 12.7. The smallest absolute Gasteiger partial charge is 0.337 e. The van der Waals surface area contributed by atoms with Gasteiger partial charge in [0.15, 0.2) is 6.10 Å². The highest BCUT2D eigenvalue weighted by Crippen LogP contribution is 2.44. The van der Waals surface area contributed by atoms with Crippen molar-refractivity contribution in [3.63, 3.8) is 0 Å². The molecule has 0 unspecified atom stereocenters. The number of fused-ring (bicyclic) bond motifs is 2. The maximum atomic E-state index is 12.7. The molecule has 0 bridgehead atoms. The Kier molecular flexibility index (Phi) is 8.28. The molecule has 2 N–H and O–H groups in total. The van der Waals surface area contributed by atoms with Gasteiger partial charge >= 0.3 is 5.97 Å². The van der Waals surface area contributed by atoms with E-state index in [1.54, 1.807) is 11.3 Å². The number of carbonyl (C=O) groups is 1. The Hall–Kier alpha value is -3.34. The summed E-state index contributed by atoms with van der Waals surface area (Å²) in [6, 6.07) is 16.3.